The number of rotatable bonds is 23. The molecule has 6 amide bonds. The van der Waals surface area contributed by atoms with Crippen molar-refractivity contribution >= 4 is 74.6 Å². The molecule has 7 aromatic rings. The molecule has 476 valence electrons. The number of aliphatic imine (C=N–C) groups is 2. The number of likely N-dealkylation sites (tertiary alicyclic amines) is 1. The molecule has 3 fully saturated rings. The molecule has 7 aromatic carbocycles. The van der Waals surface area contributed by atoms with Gasteiger partial charge in [0.1, 0.15) is 0 Å². The second kappa shape index (κ2) is 33.2. The van der Waals surface area contributed by atoms with Crippen LogP contribution in [0.4, 0.5) is 5.69 Å². The van der Waals surface area contributed by atoms with Gasteiger partial charge in [-0.3, -0.25) is 38.8 Å². The van der Waals surface area contributed by atoms with Gasteiger partial charge in [0.25, 0.3) is 11.8 Å². The van der Waals surface area contributed by atoms with Gasteiger partial charge in [0.05, 0.1) is 23.9 Å². The number of anilines is 1. The zero-order valence-corrected chi connectivity index (χ0v) is 51.6. The highest BCUT2D eigenvalue weighted by molar-refractivity contribution is 6.00. The van der Waals surface area contributed by atoms with Crippen molar-refractivity contribution in [1.82, 2.24) is 36.0 Å². The zero-order chi connectivity index (χ0) is 63.9. The molecular weight excluding hydrogens is 1140 g/mol. The van der Waals surface area contributed by atoms with E-state index in [0.717, 1.165) is 65.0 Å². The summed E-state index contributed by atoms with van der Waals surface area (Å²) in [5.74, 6) is -1.59. The maximum absolute atomic E-state index is 14.0. The third-order valence-corrected chi connectivity index (χ3v) is 17.1. The van der Waals surface area contributed by atoms with E-state index in [1.165, 1.54) is 0 Å². The summed E-state index contributed by atoms with van der Waals surface area (Å²) in [4.78, 5) is 95.5. The summed E-state index contributed by atoms with van der Waals surface area (Å²) in [6, 6.07) is 54.4. The largest absolute Gasteiger partial charge is 0.370 e. The van der Waals surface area contributed by atoms with Crippen molar-refractivity contribution in [1.29, 1.82) is 0 Å². The lowest BCUT2D eigenvalue weighted by atomic mass is 9.95. The van der Waals surface area contributed by atoms with Crippen molar-refractivity contribution in [2.75, 3.05) is 70.8 Å². The molecule has 3 aliphatic rings. The molecular formula is C71H86N14O6. The van der Waals surface area contributed by atoms with Gasteiger partial charge in [0, 0.05) is 94.3 Å². The highest BCUT2D eigenvalue weighted by Gasteiger charge is 2.37. The fourth-order valence-corrected chi connectivity index (χ4v) is 12.1. The monoisotopic (exact) mass is 1230 g/mol. The van der Waals surface area contributed by atoms with E-state index in [0.29, 0.717) is 101 Å². The van der Waals surface area contributed by atoms with Gasteiger partial charge < -0.3 is 64.2 Å². The van der Waals surface area contributed by atoms with E-state index in [2.05, 4.69) is 36.6 Å². The van der Waals surface area contributed by atoms with Crippen LogP contribution in [-0.2, 0) is 19.2 Å². The number of fused-ring (bicyclic) bond motifs is 2. The number of nitrogens with zero attached hydrogens (tertiary/aromatic N) is 5. The van der Waals surface area contributed by atoms with Gasteiger partial charge in [-0.15, -0.1) is 0 Å². The van der Waals surface area contributed by atoms with Crippen molar-refractivity contribution in [3.8, 4) is 0 Å². The Hall–Kier alpha value is -9.66. The van der Waals surface area contributed by atoms with Gasteiger partial charge in [-0.2, -0.15) is 0 Å². The van der Waals surface area contributed by atoms with Gasteiger partial charge in [0.15, 0.2) is 11.9 Å². The number of nitrogens with one attached hydrogen (secondary N) is 5. The van der Waals surface area contributed by atoms with Crippen LogP contribution in [0.1, 0.15) is 101 Å². The number of benzene rings is 7. The van der Waals surface area contributed by atoms with Crippen LogP contribution >= 0.6 is 0 Å². The Morgan fingerprint density at radius 2 is 0.912 bits per heavy atom. The molecule has 10 rings (SSSR count). The standard InChI is InChI=1S/C36H41N7O3.C35H45N7O3/c37-36(38)39-20-9-16-32-35(46)43(24-31(26-11-3-1-4-12-26)34(45)42-29-14-5-2-6-15-29)21-19-30(41-32)23-40-33(44)28-18-17-25-10-7-8-13-27(25)22-28;36-35(37)38-18-9-14-31-34(45)42(24-30(26-11-3-1-4-12-26)33(44)41-19-7-2-8-20-41)21-17-29(40-31)23-39-32(43)28-16-15-25-10-5-6-13-27(25)22-28/h1-8,10-15,17-18,22,30-32,41H,9,16,19-21,23-24H2,(H,40,44)(H,42,45)(H4,37,38,39);1,3-6,10-13,15-16,22,29-31,40H,2,7-9,14,17-21,23-24H2,(H,39,43)(H4,36,37,38)/t30-,31?,32-;29-,30?,31-/m00/s1. The van der Waals surface area contributed by atoms with E-state index in [9.17, 15) is 28.8 Å². The fourth-order valence-electron chi connectivity index (χ4n) is 12.1. The Morgan fingerprint density at radius 3 is 1.37 bits per heavy atom. The molecule has 3 heterocycles. The molecule has 0 aromatic heterocycles. The van der Waals surface area contributed by atoms with Crippen molar-refractivity contribution in [2.24, 2.45) is 32.9 Å². The van der Waals surface area contributed by atoms with Crippen molar-refractivity contribution in [2.45, 2.75) is 93.8 Å². The molecule has 2 unspecified atom stereocenters. The lowest BCUT2D eigenvalue weighted by Gasteiger charge is -2.33. The number of hydrogen-bond acceptors (Lipinski definition) is 10. The van der Waals surface area contributed by atoms with E-state index < -0.39 is 23.9 Å². The predicted octanol–water partition coefficient (Wildman–Crippen LogP) is 6.58. The van der Waals surface area contributed by atoms with Crippen LogP contribution in [0.2, 0.25) is 0 Å². The summed E-state index contributed by atoms with van der Waals surface area (Å²) >= 11 is 0. The molecule has 91 heavy (non-hydrogen) atoms. The number of para-hydroxylation sites is 1. The summed E-state index contributed by atoms with van der Waals surface area (Å²) < 4.78 is 0. The summed E-state index contributed by atoms with van der Waals surface area (Å²) in [6.45, 7) is 4.44. The fraction of sp³-hybridized carbons (Fsp3) is 0.352. The minimum Gasteiger partial charge on any atom is -0.370 e. The lowest BCUT2D eigenvalue weighted by molar-refractivity contribution is -0.137. The molecule has 20 heteroatoms. The van der Waals surface area contributed by atoms with Crippen LogP contribution in [0, 0.1) is 0 Å². The smallest absolute Gasteiger partial charge is 0.251 e. The topological polar surface area (TPSA) is 301 Å². The highest BCUT2D eigenvalue weighted by Crippen LogP contribution is 2.27. The molecule has 20 nitrogen and oxygen atoms in total. The summed E-state index contributed by atoms with van der Waals surface area (Å²) in [5, 5.41) is 20.3. The maximum atomic E-state index is 14.0. The van der Waals surface area contributed by atoms with Crippen LogP contribution < -0.4 is 49.5 Å². The average molecular weight is 1230 g/mol. The van der Waals surface area contributed by atoms with Gasteiger partial charge >= 0.3 is 0 Å². The van der Waals surface area contributed by atoms with E-state index in [4.69, 9.17) is 22.9 Å². The number of guanidine groups is 2. The predicted molar refractivity (Wildman–Crippen MR) is 360 cm³/mol. The van der Waals surface area contributed by atoms with Gasteiger partial charge in [-0.25, -0.2) is 0 Å². The molecule has 0 spiro atoms. The minimum atomic E-state index is -0.586. The van der Waals surface area contributed by atoms with Gasteiger partial charge in [-0.1, -0.05) is 140 Å². The molecule has 0 aliphatic carbocycles. The maximum Gasteiger partial charge on any atom is 0.251 e. The van der Waals surface area contributed by atoms with Gasteiger partial charge in [-0.05, 0) is 127 Å². The first-order valence-electron chi connectivity index (χ1n) is 31.7. The number of hydrogen-bond donors (Lipinski definition) is 9. The Balaban J connectivity index is 0.000000215. The number of carbonyl (C=O) groups excluding carboxylic acids is 6. The highest BCUT2D eigenvalue weighted by atomic mass is 16.2. The van der Waals surface area contributed by atoms with Crippen LogP contribution in [0.3, 0.4) is 0 Å². The first-order chi connectivity index (χ1) is 44.3. The first-order valence-corrected chi connectivity index (χ1v) is 31.7. The van der Waals surface area contributed by atoms with Crippen molar-refractivity contribution < 1.29 is 28.8 Å². The Labute approximate surface area is 532 Å². The molecule has 3 aliphatic heterocycles. The van der Waals surface area contributed by atoms with Crippen LogP contribution in [0.15, 0.2) is 186 Å². The number of nitrogens with two attached hydrogens (primary N) is 4. The average Bonchev–Trinajstić information content (AvgIpc) is 3.26. The summed E-state index contributed by atoms with van der Waals surface area (Å²) in [5.41, 5.74) is 25.6. The normalized spacial score (nSPS) is 18.3. The second-order valence-electron chi connectivity index (χ2n) is 23.6. The quantitative estimate of drug-likeness (QED) is 0.0186. The van der Waals surface area contributed by atoms with Crippen molar-refractivity contribution in [3.63, 3.8) is 0 Å². The number of piperidine rings is 1. The Morgan fingerprint density at radius 1 is 0.495 bits per heavy atom. The summed E-state index contributed by atoms with van der Waals surface area (Å²) in [6.07, 6.45) is 6.58. The first kappa shape index (κ1) is 65.8. The summed E-state index contributed by atoms with van der Waals surface area (Å²) in [7, 11) is 0. The molecule has 6 atom stereocenters. The van der Waals surface area contributed by atoms with Crippen LogP contribution in [0.25, 0.3) is 21.5 Å². The number of amides is 6. The molecule has 3 saturated heterocycles. The Bertz CT molecular complexity index is 3620. The lowest BCUT2D eigenvalue weighted by Crippen LogP contribution is -2.50. The molecule has 0 radical (unpaired) electrons. The second-order valence-corrected chi connectivity index (χ2v) is 23.6. The molecule has 13 N–H and O–H groups in total. The van der Waals surface area contributed by atoms with E-state index in [1.807, 2.05) is 186 Å². The van der Waals surface area contributed by atoms with E-state index in [-0.39, 0.29) is 66.0 Å². The van der Waals surface area contributed by atoms with E-state index in [1.54, 1.807) is 4.90 Å². The Kier molecular flexibility index (Phi) is 24.0. The molecule has 0 bridgehead atoms. The van der Waals surface area contributed by atoms with Gasteiger partial charge in [0.2, 0.25) is 23.6 Å². The zero-order valence-electron chi connectivity index (χ0n) is 51.6. The van der Waals surface area contributed by atoms with Crippen molar-refractivity contribution in [3.05, 3.63) is 198 Å². The molecule has 0 saturated carbocycles. The SMILES string of the molecule is NC(N)=NCCC[C@@H]1N[C@H](CNC(=O)c2ccc3ccccc3c2)CCN(CC(C(=O)N2CCCCC2)c2ccccc2)C1=O.NC(N)=NCCC[C@@H]1N[C@H](CNC(=O)c2ccc3ccccc3c2)CCN(CC(C(=O)Nc2ccccc2)c2ccccc2)C1=O. The van der Waals surface area contributed by atoms with Crippen LogP contribution in [-0.4, -0.2) is 152 Å². The third-order valence-electron chi connectivity index (χ3n) is 17.1. The number of carbonyl (C=O) groups is 6. The van der Waals surface area contributed by atoms with E-state index >= 15 is 0 Å². The van der Waals surface area contributed by atoms with Crippen LogP contribution in [0.5, 0.6) is 0 Å². The third kappa shape index (κ3) is 19.2. The minimum absolute atomic E-state index is 0.00573.